The Morgan fingerprint density at radius 3 is 2.19 bits per heavy atom. The molecule has 0 unspecified atom stereocenters. The lowest BCUT2D eigenvalue weighted by atomic mass is 10.1. The van der Waals surface area contributed by atoms with Gasteiger partial charge in [-0.15, -0.1) is 0 Å². The number of anilines is 1. The molecule has 0 aliphatic heterocycles. The summed E-state index contributed by atoms with van der Waals surface area (Å²) in [6.45, 7) is 0.447. The molecular weight excluding hydrogens is 342 g/mol. The van der Waals surface area contributed by atoms with Crippen LogP contribution in [0.2, 0.25) is 0 Å². The number of methoxy groups -OCH3 is 1. The average molecular weight is 371 g/mol. The number of nitrogens with zero attached hydrogens (tertiary/aromatic N) is 2. The van der Waals surface area contributed by atoms with Gasteiger partial charge in [0.05, 0.1) is 13.2 Å². The zero-order valence-corrected chi connectivity index (χ0v) is 16.7. The second-order valence-electron chi connectivity index (χ2n) is 6.71. The van der Waals surface area contributed by atoms with E-state index in [1.54, 1.807) is 19.2 Å². The standard InChI is InChI=1S/C21H29N3O3/c1-23(2)17-12-10-16(11-13-17)18(24(3)4)14-22-21(25)15-27-20-9-7-6-8-19(20)26-5/h6-13,18H,14-15H2,1-5H3,(H,22,25)/t18-/m0/s1. The van der Waals surface area contributed by atoms with Gasteiger partial charge in [0.25, 0.3) is 5.91 Å². The maximum absolute atomic E-state index is 12.2. The third-order valence-corrected chi connectivity index (χ3v) is 4.34. The van der Waals surface area contributed by atoms with Crippen LogP contribution >= 0.6 is 0 Å². The molecule has 2 rings (SSSR count). The Labute approximate surface area is 161 Å². The highest BCUT2D eigenvalue weighted by atomic mass is 16.5. The van der Waals surface area contributed by atoms with Gasteiger partial charge in [0.1, 0.15) is 0 Å². The number of carbonyl (C=O) groups excluding carboxylic acids is 1. The van der Waals surface area contributed by atoms with Crippen LogP contribution in [0.1, 0.15) is 11.6 Å². The van der Waals surface area contributed by atoms with Crippen molar-refractivity contribution in [2.24, 2.45) is 0 Å². The van der Waals surface area contributed by atoms with Crippen molar-refractivity contribution in [2.75, 3.05) is 53.4 Å². The highest BCUT2D eigenvalue weighted by Gasteiger charge is 2.16. The van der Waals surface area contributed by atoms with Gasteiger partial charge >= 0.3 is 0 Å². The van der Waals surface area contributed by atoms with E-state index in [0.717, 1.165) is 11.3 Å². The van der Waals surface area contributed by atoms with Gasteiger partial charge in [-0.05, 0) is 43.9 Å². The third-order valence-electron chi connectivity index (χ3n) is 4.34. The van der Waals surface area contributed by atoms with Gasteiger partial charge < -0.3 is 24.6 Å². The molecule has 0 saturated heterocycles. The van der Waals surface area contributed by atoms with E-state index in [4.69, 9.17) is 9.47 Å². The van der Waals surface area contributed by atoms with Crippen molar-refractivity contribution in [3.05, 3.63) is 54.1 Å². The van der Waals surface area contributed by atoms with Crippen molar-refractivity contribution in [1.82, 2.24) is 10.2 Å². The summed E-state index contributed by atoms with van der Waals surface area (Å²) in [5, 5.41) is 2.95. The Kier molecular flexibility index (Phi) is 7.49. The van der Waals surface area contributed by atoms with E-state index in [1.165, 1.54) is 0 Å². The number of carbonyl (C=O) groups is 1. The number of hydrogen-bond acceptors (Lipinski definition) is 5. The maximum atomic E-state index is 12.2. The summed E-state index contributed by atoms with van der Waals surface area (Å²) in [5.74, 6) is 0.994. The Bertz CT molecular complexity index is 730. The smallest absolute Gasteiger partial charge is 0.258 e. The fourth-order valence-corrected chi connectivity index (χ4v) is 2.74. The second-order valence-corrected chi connectivity index (χ2v) is 6.71. The van der Waals surface area contributed by atoms with Crippen molar-refractivity contribution >= 4 is 11.6 Å². The SMILES string of the molecule is COc1ccccc1OCC(=O)NC[C@@H](c1ccc(N(C)C)cc1)N(C)C. The molecule has 2 aromatic rings. The molecule has 0 heterocycles. The fraction of sp³-hybridized carbons (Fsp3) is 0.381. The lowest BCUT2D eigenvalue weighted by Gasteiger charge is -2.26. The number of likely N-dealkylation sites (N-methyl/N-ethyl adjacent to an activating group) is 1. The molecule has 1 N–H and O–H groups in total. The first-order valence-corrected chi connectivity index (χ1v) is 8.88. The normalized spacial score (nSPS) is 11.8. The highest BCUT2D eigenvalue weighted by molar-refractivity contribution is 5.77. The molecule has 1 atom stereocenters. The van der Waals surface area contributed by atoms with Crippen LogP contribution in [-0.2, 0) is 4.79 Å². The van der Waals surface area contributed by atoms with Crippen molar-refractivity contribution in [1.29, 1.82) is 0 Å². The number of benzene rings is 2. The van der Waals surface area contributed by atoms with Gasteiger partial charge in [-0.1, -0.05) is 24.3 Å². The summed E-state index contributed by atoms with van der Waals surface area (Å²) in [6.07, 6.45) is 0. The van der Waals surface area contributed by atoms with Crippen LogP contribution in [-0.4, -0.2) is 59.3 Å². The number of ether oxygens (including phenoxy) is 2. The van der Waals surface area contributed by atoms with Crippen LogP contribution in [0.4, 0.5) is 5.69 Å². The topological polar surface area (TPSA) is 54.0 Å². The van der Waals surface area contributed by atoms with E-state index in [1.807, 2.05) is 40.3 Å². The molecule has 0 spiro atoms. The Hall–Kier alpha value is -2.73. The molecule has 6 nitrogen and oxygen atoms in total. The van der Waals surface area contributed by atoms with Gasteiger partial charge in [-0.2, -0.15) is 0 Å². The molecule has 0 aromatic heterocycles. The third kappa shape index (κ3) is 5.89. The van der Waals surface area contributed by atoms with E-state index in [0.29, 0.717) is 18.0 Å². The summed E-state index contributed by atoms with van der Waals surface area (Å²) in [7, 11) is 9.61. The number of rotatable bonds is 9. The molecule has 1 amide bonds. The first-order valence-electron chi connectivity index (χ1n) is 8.88. The first-order chi connectivity index (χ1) is 12.9. The molecule has 0 radical (unpaired) electrons. The molecule has 0 bridgehead atoms. The molecule has 2 aromatic carbocycles. The van der Waals surface area contributed by atoms with Crippen LogP contribution in [0, 0.1) is 0 Å². The molecular formula is C21H29N3O3. The average Bonchev–Trinajstić information content (AvgIpc) is 2.66. The van der Waals surface area contributed by atoms with Crippen LogP contribution in [0.3, 0.4) is 0 Å². The summed E-state index contributed by atoms with van der Waals surface area (Å²) >= 11 is 0. The largest absolute Gasteiger partial charge is 0.493 e. The Morgan fingerprint density at radius 2 is 1.63 bits per heavy atom. The predicted molar refractivity (Wildman–Crippen MR) is 109 cm³/mol. The highest BCUT2D eigenvalue weighted by Crippen LogP contribution is 2.25. The van der Waals surface area contributed by atoms with Gasteiger partial charge in [0.2, 0.25) is 0 Å². The van der Waals surface area contributed by atoms with Crippen molar-refractivity contribution in [2.45, 2.75) is 6.04 Å². The molecule has 0 saturated carbocycles. The molecule has 6 heteroatoms. The summed E-state index contributed by atoms with van der Waals surface area (Å²) in [5.41, 5.74) is 2.29. The Balaban J connectivity index is 1.92. The second kappa shape index (κ2) is 9.83. The fourth-order valence-electron chi connectivity index (χ4n) is 2.74. The van der Waals surface area contributed by atoms with Crippen LogP contribution in [0.25, 0.3) is 0 Å². The van der Waals surface area contributed by atoms with Crippen molar-refractivity contribution in [3.8, 4) is 11.5 Å². The van der Waals surface area contributed by atoms with Crippen molar-refractivity contribution < 1.29 is 14.3 Å². The molecule has 0 aliphatic rings. The molecule has 27 heavy (non-hydrogen) atoms. The van der Waals surface area contributed by atoms with Gasteiger partial charge in [-0.3, -0.25) is 4.79 Å². The van der Waals surface area contributed by atoms with E-state index >= 15 is 0 Å². The first kappa shape index (κ1) is 20.6. The lowest BCUT2D eigenvalue weighted by Crippen LogP contribution is -2.36. The zero-order valence-electron chi connectivity index (χ0n) is 16.7. The number of hydrogen-bond donors (Lipinski definition) is 1. The van der Waals surface area contributed by atoms with Crippen LogP contribution < -0.4 is 19.7 Å². The molecule has 0 aliphatic carbocycles. The van der Waals surface area contributed by atoms with E-state index in [-0.39, 0.29) is 18.6 Å². The van der Waals surface area contributed by atoms with Crippen LogP contribution in [0.5, 0.6) is 11.5 Å². The van der Waals surface area contributed by atoms with E-state index < -0.39 is 0 Å². The summed E-state index contributed by atoms with van der Waals surface area (Å²) < 4.78 is 10.8. The van der Waals surface area contributed by atoms with Gasteiger partial charge in [-0.25, -0.2) is 0 Å². The summed E-state index contributed by atoms with van der Waals surface area (Å²) in [6, 6.07) is 15.7. The summed E-state index contributed by atoms with van der Waals surface area (Å²) in [4.78, 5) is 16.4. The number of nitrogens with one attached hydrogen (secondary N) is 1. The van der Waals surface area contributed by atoms with E-state index in [2.05, 4.69) is 39.4 Å². The predicted octanol–water partition coefficient (Wildman–Crippen LogP) is 2.56. The Morgan fingerprint density at radius 1 is 1.00 bits per heavy atom. The van der Waals surface area contributed by atoms with E-state index in [9.17, 15) is 4.79 Å². The minimum absolute atomic E-state index is 0.0555. The molecule has 146 valence electrons. The minimum atomic E-state index is -0.169. The van der Waals surface area contributed by atoms with Crippen LogP contribution in [0.15, 0.2) is 48.5 Å². The molecule has 0 fully saturated rings. The lowest BCUT2D eigenvalue weighted by molar-refractivity contribution is -0.123. The van der Waals surface area contributed by atoms with Gasteiger partial charge in [0.15, 0.2) is 18.1 Å². The quantitative estimate of drug-likeness (QED) is 0.734. The minimum Gasteiger partial charge on any atom is -0.493 e. The monoisotopic (exact) mass is 371 g/mol. The number of amides is 1. The van der Waals surface area contributed by atoms with Gasteiger partial charge in [0, 0.05) is 26.3 Å². The van der Waals surface area contributed by atoms with Crippen molar-refractivity contribution in [3.63, 3.8) is 0 Å². The maximum Gasteiger partial charge on any atom is 0.258 e. The zero-order chi connectivity index (χ0) is 19.8. The number of para-hydroxylation sites is 2.